The van der Waals surface area contributed by atoms with Gasteiger partial charge in [0.1, 0.15) is 5.00 Å². The average molecular weight is 409 g/mol. The molecule has 142 valence electrons. The number of fused-ring (bicyclic) bond motifs is 1. The van der Waals surface area contributed by atoms with Crippen molar-refractivity contribution in [3.05, 3.63) is 54.9 Å². The number of nitrogens with zero attached hydrogens (tertiary/aromatic N) is 1. The minimum atomic E-state index is -0.584. The molecule has 1 heterocycles. The Balaban J connectivity index is 1.94. The second-order valence-electron chi connectivity index (χ2n) is 6.14. The number of methoxy groups -OCH3 is 1. The van der Waals surface area contributed by atoms with Gasteiger partial charge >= 0.3 is 5.97 Å². The van der Waals surface area contributed by atoms with Gasteiger partial charge in [0.2, 0.25) is 0 Å². The van der Waals surface area contributed by atoms with Crippen LogP contribution in [0.1, 0.15) is 50.4 Å². The van der Waals surface area contributed by atoms with E-state index in [9.17, 15) is 19.7 Å². The summed E-state index contributed by atoms with van der Waals surface area (Å²) in [5.41, 5.74) is 1.23. The molecule has 1 N–H and O–H groups in total. The number of hydrogen-bond acceptors (Lipinski definition) is 6. The minimum Gasteiger partial charge on any atom is -0.465 e. The van der Waals surface area contributed by atoms with Gasteiger partial charge in [-0.15, -0.1) is 11.3 Å². The van der Waals surface area contributed by atoms with E-state index in [1.165, 1.54) is 30.6 Å². The minimum absolute atomic E-state index is 0.0283. The Kier molecular flexibility index (Phi) is 5.76. The molecule has 7 nitrogen and oxygen atoms in total. The van der Waals surface area contributed by atoms with Crippen LogP contribution >= 0.6 is 22.9 Å². The fourth-order valence-corrected chi connectivity index (χ4v) is 4.65. The van der Waals surface area contributed by atoms with Crippen molar-refractivity contribution in [2.45, 2.75) is 32.1 Å². The van der Waals surface area contributed by atoms with E-state index in [-0.39, 0.29) is 16.3 Å². The number of ether oxygens (including phenoxy) is 1. The van der Waals surface area contributed by atoms with E-state index in [2.05, 4.69) is 5.32 Å². The van der Waals surface area contributed by atoms with Gasteiger partial charge in [0.15, 0.2) is 0 Å². The zero-order chi connectivity index (χ0) is 19.6. The first kappa shape index (κ1) is 19.3. The molecular formula is C18H17ClN2O5S. The Morgan fingerprint density at radius 1 is 1.26 bits per heavy atom. The van der Waals surface area contributed by atoms with Crippen LogP contribution in [0, 0.1) is 10.1 Å². The highest BCUT2D eigenvalue weighted by molar-refractivity contribution is 7.17. The third-order valence-electron chi connectivity index (χ3n) is 4.45. The van der Waals surface area contributed by atoms with E-state index in [4.69, 9.17) is 16.3 Å². The number of thiophene rings is 1. The van der Waals surface area contributed by atoms with Gasteiger partial charge in [-0.2, -0.15) is 0 Å². The summed E-state index contributed by atoms with van der Waals surface area (Å²) in [6.07, 6.45) is 4.75. The van der Waals surface area contributed by atoms with Gasteiger partial charge in [0.25, 0.3) is 11.6 Å². The molecule has 0 saturated heterocycles. The molecule has 0 atom stereocenters. The zero-order valence-electron chi connectivity index (χ0n) is 14.5. The number of halogens is 1. The number of carbonyl (C=O) groups is 2. The number of nitro benzene ring substituents is 1. The van der Waals surface area contributed by atoms with E-state index in [0.717, 1.165) is 48.6 Å². The first-order chi connectivity index (χ1) is 12.9. The van der Waals surface area contributed by atoms with Crippen LogP contribution in [-0.4, -0.2) is 23.9 Å². The summed E-state index contributed by atoms with van der Waals surface area (Å²) < 4.78 is 4.91. The number of hydrogen-bond donors (Lipinski definition) is 1. The Labute approximate surface area is 164 Å². The summed E-state index contributed by atoms with van der Waals surface area (Å²) >= 11 is 7.41. The molecule has 0 unspecified atom stereocenters. The number of nitrogens with one attached hydrogen (secondary N) is 1. The van der Waals surface area contributed by atoms with Crippen molar-refractivity contribution in [2.24, 2.45) is 0 Å². The lowest BCUT2D eigenvalue weighted by Gasteiger charge is -2.08. The van der Waals surface area contributed by atoms with Crippen LogP contribution in [0.25, 0.3) is 0 Å². The van der Waals surface area contributed by atoms with E-state index in [0.29, 0.717) is 10.6 Å². The molecule has 0 saturated carbocycles. The molecule has 0 radical (unpaired) electrons. The van der Waals surface area contributed by atoms with Crippen molar-refractivity contribution < 1.29 is 19.2 Å². The Morgan fingerprint density at radius 2 is 2.00 bits per heavy atom. The topological polar surface area (TPSA) is 98.5 Å². The number of anilines is 1. The molecule has 1 aliphatic carbocycles. The van der Waals surface area contributed by atoms with Gasteiger partial charge in [0.05, 0.1) is 28.2 Å². The SMILES string of the molecule is COC(=O)c1c(NC(=O)c2ccc([N+](=O)[O-])cc2Cl)sc2c1CCCCC2. The summed E-state index contributed by atoms with van der Waals surface area (Å²) in [7, 11) is 1.31. The predicted molar refractivity (Wildman–Crippen MR) is 103 cm³/mol. The number of esters is 1. The second kappa shape index (κ2) is 8.06. The molecule has 1 aliphatic rings. The molecular weight excluding hydrogens is 392 g/mol. The molecule has 1 amide bonds. The van der Waals surface area contributed by atoms with Crippen molar-refractivity contribution >= 4 is 45.5 Å². The maximum absolute atomic E-state index is 12.6. The number of aryl methyl sites for hydroxylation is 1. The number of nitro groups is 1. The monoisotopic (exact) mass is 408 g/mol. The second-order valence-corrected chi connectivity index (χ2v) is 7.65. The van der Waals surface area contributed by atoms with Gasteiger partial charge in [-0.3, -0.25) is 14.9 Å². The molecule has 0 spiro atoms. The molecule has 9 heteroatoms. The van der Waals surface area contributed by atoms with Crippen LogP contribution < -0.4 is 5.32 Å². The van der Waals surface area contributed by atoms with Crippen LogP contribution in [0.5, 0.6) is 0 Å². The molecule has 0 bridgehead atoms. The third kappa shape index (κ3) is 3.96. The summed E-state index contributed by atoms with van der Waals surface area (Å²) in [6.45, 7) is 0. The van der Waals surface area contributed by atoms with Gasteiger partial charge < -0.3 is 10.1 Å². The van der Waals surface area contributed by atoms with Crippen LogP contribution in [0.4, 0.5) is 10.7 Å². The Hall–Kier alpha value is -2.45. The molecule has 27 heavy (non-hydrogen) atoms. The number of rotatable bonds is 4. The third-order valence-corrected chi connectivity index (χ3v) is 5.97. The van der Waals surface area contributed by atoms with Crippen molar-refractivity contribution in [2.75, 3.05) is 12.4 Å². The van der Waals surface area contributed by atoms with Crippen molar-refractivity contribution in [3.8, 4) is 0 Å². The smallest absolute Gasteiger partial charge is 0.341 e. The normalized spacial score (nSPS) is 13.4. The Bertz CT molecular complexity index is 925. The van der Waals surface area contributed by atoms with Gasteiger partial charge in [-0.25, -0.2) is 4.79 Å². The first-order valence-electron chi connectivity index (χ1n) is 8.40. The summed E-state index contributed by atoms with van der Waals surface area (Å²) in [4.78, 5) is 36.3. The maximum atomic E-state index is 12.6. The van der Waals surface area contributed by atoms with E-state index in [1.807, 2.05) is 0 Å². The van der Waals surface area contributed by atoms with Gasteiger partial charge in [-0.05, 0) is 37.3 Å². The Morgan fingerprint density at radius 3 is 2.67 bits per heavy atom. The molecule has 1 aromatic carbocycles. The van der Waals surface area contributed by atoms with Crippen molar-refractivity contribution in [1.29, 1.82) is 0 Å². The number of carbonyl (C=O) groups excluding carboxylic acids is 2. The maximum Gasteiger partial charge on any atom is 0.341 e. The van der Waals surface area contributed by atoms with Crippen molar-refractivity contribution in [1.82, 2.24) is 0 Å². The molecule has 1 aromatic heterocycles. The number of non-ortho nitro benzene ring substituents is 1. The largest absolute Gasteiger partial charge is 0.465 e. The standard InChI is InChI=1S/C18H17ClN2O5S/c1-26-18(23)15-12-5-3-2-4-6-14(12)27-17(15)20-16(22)11-8-7-10(21(24)25)9-13(11)19/h7-9H,2-6H2,1H3,(H,20,22). The van der Waals surface area contributed by atoms with Crippen LogP contribution in [-0.2, 0) is 17.6 Å². The molecule has 2 aromatic rings. The van der Waals surface area contributed by atoms with Gasteiger partial charge in [0, 0.05) is 17.0 Å². The molecule has 0 aliphatic heterocycles. The summed E-state index contributed by atoms with van der Waals surface area (Å²) in [6, 6.07) is 3.64. The zero-order valence-corrected chi connectivity index (χ0v) is 16.1. The van der Waals surface area contributed by atoms with E-state index in [1.54, 1.807) is 0 Å². The number of benzene rings is 1. The van der Waals surface area contributed by atoms with Crippen LogP contribution in [0.15, 0.2) is 18.2 Å². The highest BCUT2D eigenvalue weighted by Gasteiger charge is 2.27. The first-order valence-corrected chi connectivity index (χ1v) is 9.60. The van der Waals surface area contributed by atoms with Crippen LogP contribution in [0.2, 0.25) is 5.02 Å². The summed E-state index contributed by atoms with van der Waals surface area (Å²) in [5, 5.41) is 13.9. The number of amides is 1. The lowest BCUT2D eigenvalue weighted by molar-refractivity contribution is -0.384. The highest BCUT2D eigenvalue weighted by atomic mass is 35.5. The summed E-state index contributed by atoms with van der Waals surface area (Å²) in [5.74, 6) is -1.02. The molecule has 3 rings (SSSR count). The fraction of sp³-hybridized carbons (Fsp3) is 0.333. The molecule has 0 fully saturated rings. The van der Waals surface area contributed by atoms with E-state index >= 15 is 0 Å². The van der Waals surface area contributed by atoms with E-state index < -0.39 is 16.8 Å². The quantitative estimate of drug-likeness (QED) is 0.344. The lowest BCUT2D eigenvalue weighted by atomic mass is 10.1. The lowest BCUT2D eigenvalue weighted by Crippen LogP contribution is -2.15. The highest BCUT2D eigenvalue weighted by Crippen LogP contribution is 2.38. The van der Waals surface area contributed by atoms with Gasteiger partial charge in [-0.1, -0.05) is 18.0 Å². The fourth-order valence-electron chi connectivity index (χ4n) is 3.12. The van der Waals surface area contributed by atoms with Crippen LogP contribution in [0.3, 0.4) is 0 Å². The average Bonchev–Trinajstić information content (AvgIpc) is 2.81. The predicted octanol–water partition coefficient (Wildman–Crippen LogP) is 4.62. The van der Waals surface area contributed by atoms with Crippen molar-refractivity contribution in [3.63, 3.8) is 0 Å².